The molecule has 7 nitrogen and oxygen atoms in total. The van der Waals surface area contributed by atoms with Gasteiger partial charge in [-0.1, -0.05) is 24.3 Å². The smallest absolute Gasteiger partial charge is 0.261 e. The van der Waals surface area contributed by atoms with Crippen LogP contribution in [0.25, 0.3) is 0 Å². The fourth-order valence-electron chi connectivity index (χ4n) is 2.92. The van der Waals surface area contributed by atoms with E-state index in [1.807, 2.05) is 0 Å². The van der Waals surface area contributed by atoms with Crippen molar-refractivity contribution in [2.75, 3.05) is 10.0 Å². The first-order valence-corrected chi connectivity index (χ1v) is 10.2. The first-order chi connectivity index (χ1) is 13.8. The second kappa shape index (κ2) is 7.06. The van der Waals surface area contributed by atoms with Crippen LogP contribution < -0.4 is 14.8 Å². The van der Waals surface area contributed by atoms with Crippen molar-refractivity contribution >= 4 is 33.1 Å². The fourth-order valence-corrected chi connectivity index (χ4v) is 4.02. The topological polar surface area (TPSA) is 102 Å². The molecular formula is C21H16N2O5S. The molecule has 29 heavy (non-hydrogen) atoms. The van der Waals surface area contributed by atoms with Crippen molar-refractivity contribution in [2.45, 2.75) is 11.8 Å². The quantitative estimate of drug-likeness (QED) is 0.634. The highest BCUT2D eigenvalue weighted by molar-refractivity contribution is 7.92. The number of fused-ring (bicyclic) bond motifs is 2. The summed E-state index contributed by atoms with van der Waals surface area (Å²) in [5.74, 6) is 0.160. The Morgan fingerprint density at radius 1 is 0.966 bits per heavy atom. The average Bonchev–Trinajstić information content (AvgIpc) is 2.83. The molecule has 0 aliphatic carbocycles. The predicted octanol–water partition coefficient (Wildman–Crippen LogP) is 4.05. The van der Waals surface area contributed by atoms with Crippen LogP contribution >= 0.6 is 0 Å². The molecule has 2 N–H and O–H groups in total. The van der Waals surface area contributed by atoms with Crippen LogP contribution in [0.15, 0.2) is 71.6 Å². The number of rotatable bonds is 4. The largest absolute Gasteiger partial charge is 0.454 e. The van der Waals surface area contributed by atoms with Crippen molar-refractivity contribution in [3.63, 3.8) is 0 Å². The number of carbonyl (C=O) groups excluding carboxylic acids is 2. The van der Waals surface area contributed by atoms with Crippen molar-refractivity contribution in [2.24, 2.45) is 0 Å². The lowest BCUT2D eigenvalue weighted by Gasteiger charge is -2.11. The van der Waals surface area contributed by atoms with Gasteiger partial charge in [-0.15, -0.1) is 0 Å². The molecule has 0 aromatic heterocycles. The first-order valence-electron chi connectivity index (χ1n) is 8.69. The maximum atomic E-state index is 12.7. The van der Waals surface area contributed by atoms with Gasteiger partial charge in [0.05, 0.1) is 16.1 Å². The van der Waals surface area contributed by atoms with Crippen LogP contribution in [-0.4, -0.2) is 20.1 Å². The van der Waals surface area contributed by atoms with E-state index in [1.54, 1.807) is 30.3 Å². The lowest BCUT2D eigenvalue weighted by molar-refractivity contribution is 0.101. The van der Waals surface area contributed by atoms with Gasteiger partial charge in [0.1, 0.15) is 5.75 Å². The minimum atomic E-state index is -3.95. The molecule has 1 aliphatic heterocycles. The van der Waals surface area contributed by atoms with Crippen LogP contribution in [0.1, 0.15) is 27.6 Å². The highest BCUT2D eigenvalue weighted by Crippen LogP contribution is 2.36. The molecular weight excluding hydrogens is 392 g/mol. The summed E-state index contributed by atoms with van der Waals surface area (Å²) in [5, 5.41) is 2.74. The number of ketones is 1. The van der Waals surface area contributed by atoms with Gasteiger partial charge in [0.25, 0.3) is 15.9 Å². The zero-order valence-electron chi connectivity index (χ0n) is 15.3. The zero-order valence-corrected chi connectivity index (χ0v) is 16.1. The molecule has 0 bridgehead atoms. The molecule has 8 heteroatoms. The molecule has 4 rings (SSSR count). The Labute approximate surface area is 167 Å². The number of Topliss-reactive ketones (excluding diaryl/α,β-unsaturated/α-hetero) is 1. The third-order valence-corrected chi connectivity index (χ3v) is 5.76. The summed E-state index contributed by atoms with van der Waals surface area (Å²) in [6, 6.07) is 17.2. The van der Waals surface area contributed by atoms with E-state index in [0.29, 0.717) is 22.7 Å². The monoisotopic (exact) mass is 408 g/mol. The van der Waals surface area contributed by atoms with Gasteiger partial charge < -0.3 is 10.1 Å². The maximum absolute atomic E-state index is 12.7. The molecule has 3 aromatic carbocycles. The van der Waals surface area contributed by atoms with E-state index in [9.17, 15) is 18.0 Å². The number of ether oxygens (including phenoxy) is 1. The number of hydrogen-bond donors (Lipinski definition) is 2. The van der Waals surface area contributed by atoms with Crippen molar-refractivity contribution in [1.29, 1.82) is 0 Å². The molecule has 0 spiro atoms. The highest BCUT2D eigenvalue weighted by atomic mass is 32.2. The fraction of sp³-hybridized carbons (Fsp3) is 0.0476. The number of benzene rings is 3. The van der Waals surface area contributed by atoms with Crippen LogP contribution in [-0.2, 0) is 10.0 Å². The molecule has 0 unspecified atom stereocenters. The number of sulfonamides is 1. The average molecular weight is 408 g/mol. The van der Waals surface area contributed by atoms with Gasteiger partial charge in [-0.25, -0.2) is 8.42 Å². The standard InChI is InChI=1S/C21H16N2O5S/c1-13(24)14-5-4-6-16(11-14)29(26,27)23-15-9-10-19-17(12-15)21(25)22-18-7-2-3-8-20(18)28-19/h2-12,23H,1H3,(H,22,25). The molecule has 3 aromatic rings. The lowest BCUT2D eigenvalue weighted by atomic mass is 10.1. The van der Waals surface area contributed by atoms with Gasteiger partial charge in [-0.2, -0.15) is 0 Å². The van der Waals surface area contributed by atoms with E-state index in [4.69, 9.17) is 4.74 Å². The molecule has 0 saturated heterocycles. The summed E-state index contributed by atoms with van der Waals surface area (Å²) in [7, 11) is -3.95. The van der Waals surface area contributed by atoms with Crippen molar-refractivity contribution in [3.05, 3.63) is 77.9 Å². The number of carbonyl (C=O) groups is 2. The predicted molar refractivity (Wildman–Crippen MR) is 108 cm³/mol. The summed E-state index contributed by atoms with van der Waals surface area (Å²) in [6.45, 7) is 1.36. The second-order valence-corrected chi connectivity index (χ2v) is 8.14. The van der Waals surface area contributed by atoms with E-state index in [0.717, 1.165) is 0 Å². The molecule has 0 radical (unpaired) electrons. The summed E-state index contributed by atoms with van der Waals surface area (Å²) in [6.07, 6.45) is 0. The van der Waals surface area contributed by atoms with Gasteiger partial charge in [-0.3, -0.25) is 14.3 Å². The van der Waals surface area contributed by atoms with E-state index >= 15 is 0 Å². The van der Waals surface area contributed by atoms with Crippen LogP contribution in [0.2, 0.25) is 0 Å². The molecule has 1 heterocycles. The molecule has 0 atom stereocenters. The molecule has 0 saturated carbocycles. The number of para-hydroxylation sites is 2. The Bertz CT molecular complexity index is 1250. The molecule has 0 fully saturated rings. The Morgan fingerprint density at radius 3 is 2.55 bits per heavy atom. The lowest BCUT2D eigenvalue weighted by Crippen LogP contribution is -2.15. The van der Waals surface area contributed by atoms with E-state index in [2.05, 4.69) is 10.0 Å². The van der Waals surface area contributed by atoms with Crippen molar-refractivity contribution in [1.82, 2.24) is 0 Å². The minimum Gasteiger partial charge on any atom is -0.454 e. The number of nitrogens with one attached hydrogen (secondary N) is 2. The van der Waals surface area contributed by atoms with E-state index < -0.39 is 15.9 Å². The van der Waals surface area contributed by atoms with E-state index in [-0.39, 0.29) is 21.9 Å². The summed E-state index contributed by atoms with van der Waals surface area (Å²) < 4.78 is 33.7. The number of amides is 1. The summed E-state index contributed by atoms with van der Waals surface area (Å²) >= 11 is 0. The van der Waals surface area contributed by atoms with Crippen LogP contribution in [0.4, 0.5) is 11.4 Å². The number of anilines is 2. The van der Waals surface area contributed by atoms with Gasteiger partial charge in [-0.05, 0) is 49.4 Å². The van der Waals surface area contributed by atoms with Crippen LogP contribution in [0.3, 0.4) is 0 Å². The Morgan fingerprint density at radius 2 is 1.76 bits per heavy atom. The Hall–Kier alpha value is -3.65. The van der Waals surface area contributed by atoms with Gasteiger partial charge in [0.2, 0.25) is 0 Å². The van der Waals surface area contributed by atoms with Gasteiger partial charge in [0, 0.05) is 11.3 Å². The SMILES string of the molecule is CC(=O)c1cccc(S(=O)(=O)Nc2ccc3c(c2)C(=O)Nc2ccccc2O3)c1. The van der Waals surface area contributed by atoms with E-state index in [1.165, 1.54) is 43.3 Å². The first kappa shape index (κ1) is 18.7. The maximum Gasteiger partial charge on any atom is 0.261 e. The minimum absolute atomic E-state index is 0.0479. The van der Waals surface area contributed by atoms with Crippen LogP contribution in [0, 0.1) is 0 Å². The normalized spacial score (nSPS) is 12.7. The molecule has 1 aliphatic rings. The Kier molecular flexibility index (Phi) is 4.56. The third kappa shape index (κ3) is 3.70. The Balaban J connectivity index is 1.66. The summed E-state index contributed by atoms with van der Waals surface area (Å²) in [5.41, 5.74) is 1.21. The van der Waals surface area contributed by atoms with Crippen molar-refractivity contribution in [3.8, 4) is 11.5 Å². The van der Waals surface area contributed by atoms with Crippen molar-refractivity contribution < 1.29 is 22.7 Å². The second-order valence-electron chi connectivity index (χ2n) is 6.45. The molecule has 1 amide bonds. The van der Waals surface area contributed by atoms with Gasteiger partial charge >= 0.3 is 0 Å². The van der Waals surface area contributed by atoms with Crippen LogP contribution in [0.5, 0.6) is 11.5 Å². The van der Waals surface area contributed by atoms with Gasteiger partial charge in [0.15, 0.2) is 11.5 Å². The number of hydrogen-bond acceptors (Lipinski definition) is 5. The third-order valence-electron chi connectivity index (χ3n) is 4.38. The zero-order chi connectivity index (χ0) is 20.6. The molecule has 146 valence electrons. The highest BCUT2D eigenvalue weighted by Gasteiger charge is 2.22. The summed E-state index contributed by atoms with van der Waals surface area (Å²) in [4.78, 5) is 24.1.